The molecule has 94 valence electrons. The van der Waals surface area contributed by atoms with E-state index in [-0.39, 0.29) is 25.5 Å². The van der Waals surface area contributed by atoms with E-state index in [1.54, 1.807) is 0 Å². The molecule has 0 aromatic carbocycles. The molecule has 17 heavy (non-hydrogen) atoms. The average molecular weight is 250 g/mol. The maximum atomic E-state index is 12.5. The molecule has 1 aliphatic rings. The van der Waals surface area contributed by atoms with Gasteiger partial charge in [-0.25, -0.2) is 4.79 Å². The van der Waals surface area contributed by atoms with E-state index >= 15 is 0 Å². The lowest BCUT2D eigenvalue weighted by Gasteiger charge is -2.26. The summed E-state index contributed by atoms with van der Waals surface area (Å²) < 4.78 is 43.0. The number of carbonyl (C=O) groups is 1. The highest BCUT2D eigenvalue weighted by atomic mass is 19.4. The fourth-order valence-corrected chi connectivity index (χ4v) is 1.65. The molecule has 0 saturated heterocycles. The smallest absolute Gasteiger partial charge is 0.451 e. The maximum absolute atomic E-state index is 12.5. The Morgan fingerprint density at radius 3 is 2.65 bits per heavy atom. The second-order valence-corrected chi connectivity index (χ2v) is 3.48. The molecule has 0 unspecified atom stereocenters. The first kappa shape index (κ1) is 11.7. The SMILES string of the molecule is COC(=O)N1CCn2c(nnc2C(F)(F)F)C1. The number of ether oxygens (including phenoxy) is 1. The van der Waals surface area contributed by atoms with Crippen LogP contribution < -0.4 is 0 Å². The Morgan fingerprint density at radius 2 is 2.06 bits per heavy atom. The summed E-state index contributed by atoms with van der Waals surface area (Å²) in [6.07, 6.45) is -5.12. The van der Waals surface area contributed by atoms with Crippen LogP contribution in [0.4, 0.5) is 18.0 Å². The van der Waals surface area contributed by atoms with E-state index in [0.29, 0.717) is 0 Å². The zero-order chi connectivity index (χ0) is 12.6. The summed E-state index contributed by atoms with van der Waals surface area (Å²) in [7, 11) is 1.21. The number of amides is 1. The molecule has 1 aliphatic heterocycles. The number of fused-ring (bicyclic) bond motifs is 1. The number of methoxy groups -OCH3 is 1. The van der Waals surface area contributed by atoms with Crippen molar-refractivity contribution in [3.8, 4) is 0 Å². The fraction of sp³-hybridized carbons (Fsp3) is 0.625. The van der Waals surface area contributed by atoms with Crippen LogP contribution in [0.5, 0.6) is 0 Å². The molecule has 9 heteroatoms. The third-order valence-electron chi connectivity index (χ3n) is 2.44. The first-order chi connectivity index (χ1) is 7.93. The van der Waals surface area contributed by atoms with Gasteiger partial charge in [0.15, 0.2) is 5.82 Å². The van der Waals surface area contributed by atoms with E-state index in [1.165, 1.54) is 12.0 Å². The largest absolute Gasteiger partial charge is 0.453 e. The normalized spacial score (nSPS) is 15.6. The highest BCUT2D eigenvalue weighted by Gasteiger charge is 2.39. The summed E-state index contributed by atoms with van der Waals surface area (Å²) >= 11 is 0. The van der Waals surface area contributed by atoms with E-state index in [4.69, 9.17) is 0 Å². The van der Waals surface area contributed by atoms with Crippen molar-refractivity contribution >= 4 is 6.09 Å². The van der Waals surface area contributed by atoms with Gasteiger partial charge in [-0.2, -0.15) is 13.2 Å². The Morgan fingerprint density at radius 1 is 1.35 bits per heavy atom. The van der Waals surface area contributed by atoms with Gasteiger partial charge in [-0.1, -0.05) is 0 Å². The second-order valence-electron chi connectivity index (χ2n) is 3.48. The Bertz CT molecular complexity index is 442. The lowest BCUT2D eigenvalue weighted by atomic mass is 10.3. The topological polar surface area (TPSA) is 60.2 Å². The molecule has 0 aliphatic carbocycles. The van der Waals surface area contributed by atoms with Crippen LogP contribution in [0.15, 0.2) is 0 Å². The zero-order valence-corrected chi connectivity index (χ0v) is 8.86. The van der Waals surface area contributed by atoms with E-state index in [1.807, 2.05) is 0 Å². The number of carbonyl (C=O) groups excluding carboxylic acids is 1. The second kappa shape index (κ2) is 3.90. The minimum atomic E-state index is -4.53. The van der Waals surface area contributed by atoms with Crippen molar-refractivity contribution in [3.05, 3.63) is 11.6 Å². The van der Waals surface area contributed by atoms with Gasteiger partial charge in [0.05, 0.1) is 13.7 Å². The van der Waals surface area contributed by atoms with Gasteiger partial charge < -0.3 is 9.30 Å². The van der Waals surface area contributed by atoms with Gasteiger partial charge in [0, 0.05) is 13.1 Å². The summed E-state index contributed by atoms with van der Waals surface area (Å²) in [6.45, 7) is 0.114. The van der Waals surface area contributed by atoms with Crippen LogP contribution >= 0.6 is 0 Å². The zero-order valence-electron chi connectivity index (χ0n) is 8.86. The minimum Gasteiger partial charge on any atom is -0.453 e. The van der Waals surface area contributed by atoms with Gasteiger partial charge in [-0.3, -0.25) is 4.90 Å². The number of halogens is 3. The van der Waals surface area contributed by atoms with E-state index in [9.17, 15) is 18.0 Å². The number of aromatic nitrogens is 3. The molecule has 0 spiro atoms. The summed E-state index contributed by atoms with van der Waals surface area (Å²) in [4.78, 5) is 12.5. The van der Waals surface area contributed by atoms with E-state index in [0.717, 1.165) is 4.57 Å². The summed E-state index contributed by atoms with van der Waals surface area (Å²) in [5, 5.41) is 6.53. The predicted octanol–water partition coefficient (Wildman–Crippen LogP) is 0.879. The Kier molecular flexibility index (Phi) is 2.68. The average Bonchev–Trinajstić information content (AvgIpc) is 2.70. The third-order valence-corrected chi connectivity index (χ3v) is 2.44. The molecule has 0 atom stereocenters. The number of alkyl halides is 3. The summed E-state index contributed by atoms with van der Waals surface area (Å²) in [6, 6.07) is 0. The highest BCUT2D eigenvalue weighted by molar-refractivity contribution is 5.67. The monoisotopic (exact) mass is 250 g/mol. The lowest BCUT2D eigenvalue weighted by molar-refractivity contribution is -0.147. The van der Waals surface area contributed by atoms with E-state index in [2.05, 4.69) is 14.9 Å². The fourth-order valence-electron chi connectivity index (χ4n) is 1.65. The molecule has 0 N–H and O–H groups in total. The van der Waals surface area contributed by atoms with Crippen molar-refractivity contribution in [1.29, 1.82) is 0 Å². The van der Waals surface area contributed by atoms with Crippen LogP contribution in [-0.4, -0.2) is 39.4 Å². The molecular weight excluding hydrogens is 241 g/mol. The Hall–Kier alpha value is -1.80. The molecule has 1 aromatic heterocycles. The van der Waals surface area contributed by atoms with Crippen LogP contribution in [0.25, 0.3) is 0 Å². The molecule has 2 heterocycles. The lowest BCUT2D eigenvalue weighted by Crippen LogP contribution is -2.39. The molecule has 1 amide bonds. The summed E-state index contributed by atoms with van der Waals surface area (Å²) in [5.41, 5.74) is 0. The van der Waals surface area contributed by atoms with Crippen LogP contribution in [0.2, 0.25) is 0 Å². The van der Waals surface area contributed by atoms with Gasteiger partial charge in [0.25, 0.3) is 0 Å². The molecule has 1 aromatic rings. The third kappa shape index (κ3) is 2.04. The number of rotatable bonds is 0. The van der Waals surface area contributed by atoms with Crippen LogP contribution in [0.1, 0.15) is 11.6 Å². The highest BCUT2D eigenvalue weighted by Crippen LogP contribution is 2.29. The number of nitrogens with zero attached hydrogens (tertiary/aromatic N) is 4. The standard InChI is InChI=1S/C8H9F3N4O2/c1-17-7(16)14-2-3-15-5(4-14)12-13-6(15)8(9,10)11/h2-4H2,1H3. The van der Waals surface area contributed by atoms with Crippen molar-refractivity contribution in [3.63, 3.8) is 0 Å². The van der Waals surface area contributed by atoms with Gasteiger partial charge in [-0.05, 0) is 0 Å². The molecule has 2 rings (SSSR count). The summed E-state index contributed by atoms with van der Waals surface area (Å²) in [5.74, 6) is -0.925. The predicted molar refractivity (Wildman–Crippen MR) is 47.8 cm³/mol. The maximum Gasteiger partial charge on any atom is 0.451 e. The first-order valence-corrected chi connectivity index (χ1v) is 4.75. The van der Waals surface area contributed by atoms with Crippen molar-refractivity contribution in [1.82, 2.24) is 19.7 Å². The molecule has 6 nitrogen and oxygen atoms in total. The molecular formula is C8H9F3N4O2. The Balaban J connectivity index is 2.25. The van der Waals surface area contributed by atoms with Gasteiger partial charge in [0.1, 0.15) is 0 Å². The van der Waals surface area contributed by atoms with Gasteiger partial charge in [0.2, 0.25) is 5.82 Å². The number of hydrogen-bond donors (Lipinski definition) is 0. The quantitative estimate of drug-likeness (QED) is 0.685. The van der Waals surface area contributed by atoms with Crippen molar-refractivity contribution < 1.29 is 22.7 Å². The van der Waals surface area contributed by atoms with Crippen molar-refractivity contribution in [2.75, 3.05) is 13.7 Å². The van der Waals surface area contributed by atoms with Gasteiger partial charge in [-0.15, -0.1) is 10.2 Å². The Labute approximate surface area is 94.0 Å². The molecule has 0 bridgehead atoms. The minimum absolute atomic E-state index is 0.00623. The molecule has 0 saturated carbocycles. The van der Waals surface area contributed by atoms with Crippen molar-refractivity contribution in [2.24, 2.45) is 0 Å². The van der Waals surface area contributed by atoms with Crippen LogP contribution in [0.3, 0.4) is 0 Å². The molecule has 0 fully saturated rings. The molecule has 0 radical (unpaired) electrons. The van der Waals surface area contributed by atoms with Crippen LogP contribution in [-0.2, 0) is 24.0 Å². The number of hydrogen-bond acceptors (Lipinski definition) is 4. The van der Waals surface area contributed by atoms with E-state index < -0.39 is 18.1 Å². The van der Waals surface area contributed by atoms with Gasteiger partial charge >= 0.3 is 12.3 Å². The van der Waals surface area contributed by atoms with Crippen molar-refractivity contribution in [2.45, 2.75) is 19.3 Å². The van der Waals surface area contributed by atoms with Crippen LogP contribution in [0, 0.1) is 0 Å². The first-order valence-electron chi connectivity index (χ1n) is 4.75.